The number of fused-ring (bicyclic) bond motifs is 6. The Hall–Kier alpha value is -5.64. The van der Waals surface area contributed by atoms with Crippen molar-refractivity contribution in [2.24, 2.45) is 0 Å². The van der Waals surface area contributed by atoms with Crippen LogP contribution in [0.5, 0.6) is 0 Å². The lowest BCUT2D eigenvalue weighted by Crippen LogP contribution is -1.94. The Morgan fingerprint density at radius 2 is 0.911 bits per heavy atom. The van der Waals surface area contributed by atoms with E-state index in [0.29, 0.717) is 0 Å². The molecule has 0 aliphatic heterocycles. The first-order chi connectivity index (χ1) is 22.3. The highest BCUT2D eigenvalue weighted by molar-refractivity contribution is 7.24. The largest absolute Gasteiger partial charge is 0.248 e. The minimum atomic E-state index is 0.987. The van der Waals surface area contributed by atoms with E-state index in [1.807, 2.05) is 0 Å². The van der Waals surface area contributed by atoms with Gasteiger partial charge in [-0.05, 0) is 63.2 Å². The molecule has 0 radical (unpaired) electrons. The first-order valence-corrected chi connectivity index (χ1v) is 16.0. The van der Waals surface area contributed by atoms with Crippen molar-refractivity contribution in [2.45, 2.75) is 0 Å². The van der Waals surface area contributed by atoms with Gasteiger partial charge in [0.1, 0.15) is 0 Å². The SMILES string of the molecule is c1ccc(-c2ccccc2-c2ccccc2-c2c(-c3ccccc3)ccc3sc4ccc5nc6ccccc6c5c4nc23)cc1. The Morgan fingerprint density at radius 3 is 1.67 bits per heavy atom. The highest BCUT2D eigenvalue weighted by atomic mass is 32.1. The van der Waals surface area contributed by atoms with E-state index in [-0.39, 0.29) is 0 Å². The van der Waals surface area contributed by atoms with Crippen molar-refractivity contribution >= 4 is 53.6 Å². The van der Waals surface area contributed by atoms with E-state index < -0.39 is 0 Å². The first-order valence-electron chi connectivity index (χ1n) is 15.2. The van der Waals surface area contributed by atoms with E-state index in [1.165, 1.54) is 38.9 Å². The second-order valence-corrected chi connectivity index (χ2v) is 12.4. The maximum atomic E-state index is 5.58. The van der Waals surface area contributed by atoms with Gasteiger partial charge in [0, 0.05) is 16.3 Å². The predicted octanol–water partition coefficient (Wildman–Crippen LogP) is 11.8. The van der Waals surface area contributed by atoms with Crippen molar-refractivity contribution in [1.82, 2.24) is 9.97 Å². The van der Waals surface area contributed by atoms with Gasteiger partial charge in [-0.2, -0.15) is 0 Å². The topological polar surface area (TPSA) is 25.8 Å². The third-order valence-electron chi connectivity index (χ3n) is 8.70. The molecule has 0 saturated heterocycles. The van der Waals surface area contributed by atoms with Gasteiger partial charge >= 0.3 is 0 Å². The van der Waals surface area contributed by atoms with Gasteiger partial charge < -0.3 is 0 Å². The van der Waals surface area contributed by atoms with E-state index in [1.54, 1.807) is 11.3 Å². The fourth-order valence-corrected chi connectivity index (χ4v) is 7.67. The molecule has 0 unspecified atom stereocenters. The van der Waals surface area contributed by atoms with Crippen LogP contribution >= 0.6 is 11.3 Å². The van der Waals surface area contributed by atoms with Gasteiger partial charge in [-0.3, -0.25) is 0 Å². The van der Waals surface area contributed by atoms with E-state index >= 15 is 0 Å². The monoisotopic (exact) mass is 590 g/mol. The van der Waals surface area contributed by atoms with Crippen molar-refractivity contribution in [3.05, 3.63) is 158 Å². The molecule has 0 aliphatic rings. The van der Waals surface area contributed by atoms with Crippen LogP contribution in [0.2, 0.25) is 0 Å². The number of para-hydroxylation sites is 1. The number of nitrogens with zero attached hydrogens (tertiary/aromatic N) is 2. The molecule has 210 valence electrons. The molecule has 2 heterocycles. The molecule has 0 atom stereocenters. The van der Waals surface area contributed by atoms with Crippen LogP contribution in [-0.4, -0.2) is 9.97 Å². The minimum absolute atomic E-state index is 0.987. The molecule has 0 fully saturated rings. The second-order valence-electron chi connectivity index (χ2n) is 11.3. The summed E-state index contributed by atoms with van der Waals surface area (Å²) in [6.07, 6.45) is 0. The Morgan fingerprint density at radius 1 is 0.356 bits per heavy atom. The second kappa shape index (κ2) is 10.5. The van der Waals surface area contributed by atoms with Crippen molar-refractivity contribution in [3.8, 4) is 44.5 Å². The summed E-state index contributed by atoms with van der Waals surface area (Å²) in [6, 6.07) is 56.1. The summed E-state index contributed by atoms with van der Waals surface area (Å²) in [7, 11) is 0. The number of hydrogen-bond donors (Lipinski definition) is 0. The smallest absolute Gasteiger partial charge is 0.0910 e. The summed E-state index contributed by atoms with van der Waals surface area (Å²) in [5.41, 5.74) is 13.5. The molecule has 0 saturated carbocycles. The van der Waals surface area contributed by atoms with E-state index in [9.17, 15) is 0 Å². The molecule has 0 amide bonds. The van der Waals surface area contributed by atoms with Crippen molar-refractivity contribution in [2.75, 3.05) is 0 Å². The summed E-state index contributed by atoms with van der Waals surface area (Å²) in [5, 5.41) is 2.27. The molecular weight excluding hydrogens is 565 g/mol. The van der Waals surface area contributed by atoms with Gasteiger partial charge in [0.2, 0.25) is 0 Å². The van der Waals surface area contributed by atoms with Crippen LogP contribution < -0.4 is 0 Å². The molecule has 9 rings (SSSR count). The van der Waals surface area contributed by atoms with Gasteiger partial charge in [0.25, 0.3) is 0 Å². The zero-order valence-corrected chi connectivity index (χ0v) is 25.1. The fraction of sp³-hybridized carbons (Fsp3) is 0. The average molecular weight is 591 g/mol. The maximum Gasteiger partial charge on any atom is 0.0910 e. The van der Waals surface area contributed by atoms with Crippen LogP contribution in [0.1, 0.15) is 0 Å². The van der Waals surface area contributed by atoms with Crippen LogP contribution in [0, 0.1) is 0 Å². The van der Waals surface area contributed by atoms with E-state index in [0.717, 1.165) is 47.8 Å². The third-order valence-corrected chi connectivity index (χ3v) is 9.80. The van der Waals surface area contributed by atoms with Crippen molar-refractivity contribution < 1.29 is 0 Å². The molecule has 45 heavy (non-hydrogen) atoms. The van der Waals surface area contributed by atoms with E-state index in [2.05, 4.69) is 158 Å². The Labute approximate surface area is 264 Å². The lowest BCUT2D eigenvalue weighted by Gasteiger charge is -2.19. The Kier molecular flexibility index (Phi) is 6.03. The molecule has 0 spiro atoms. The molecule has 7 aromatic carbocycles. The van der Waals surface area contributed by atoms with Crippen molar-refractivity contribution in [3.63, 3.8) is 0 Å². The van der Waals surface area contributed by atoms with Gasteiger partial charge in [0.05, 0.1) is 31.5 Å². The molecule has 0 aliphatic carbocycles. The summed E-state index contributed by atoms with van der Waals surface area (Å²) >= 11 is 1.80. The quantitative estimate of drug-likeness (QED) is 0.191. The summed E-state index contributed by atoms with van der Waals surface area (Å²) in [4.78, 5) is 10.5. The van der Waals surface area contributed by atoms with Crippen molar-refractivity contribution in [1.29, 1.82) is 0 Å². The van der Waals surface area contributed by atoms with E-state index in [4.69, 9.17) is 9.97 Å². The van der Waals surface area contributed by atoms with Gasteiger partial charge in [-0.25, -0.2) is 9.97 Å². The van der Waals surface area contributed by atoms with Gasteiger partial charge in [0.15, 0.2) is 0 Å². The minimum Gasteiger partial charge on any atom is -0.248 e. The zero-order valence-electron chi connectivity index (χ0n) is 24.3. The molecule has 2 nitrogen and oxygen atoms in total. The number of aromatic nitrogens is 2. The Balaban J connectivity index is 1.41. The van der Waals surface area contributed by atoms with Crippen LogP contribution in [0.15, 0.2) is 158 Å². The third kappa shape index (κ3) is 4.24. The summed E-state index contributed by atoms with van der Waals surface area (Å²) < 4.78 is 2.32. The van der Waals surface area contributed by atoms with Crippen LogP contribution in [0.25, 0.3) is 86.7 Å². The maximum absolute atomic E-state index is 5.58. The molecule has 9 aromatic rings. The molecule has 0 N–H and O–H groups in total. The standard InChI is InChI=1S/C42H26N2S/c1-3-13-27(14-4-1)29-17-7-8-18-31(29)32-19-9-10-20-33(32)39-30(28-15-5-2-6-16-28)23-25-37-41(39)44-42-38(45-37)26-24-36-40(42)34-21-11-12-22-35(34)43-36/h1-26H. The summed E-state index contributed by atoms with van der Waals surface area (Å²) in [5.74, 6) is 0. The van der Waals surface area contributed by atoms with Crippen LogP contribution in [0.4, 0.5) is 0 Å². The lowest BCUT2D eigenvalue weighted by molar-refractivity contribution is 1.51. The number of hydrogen-bond acceptors (Lipinski definition) is 3. The average Bonchev–Trinajstić information content (AvgIpc) is 3.50. The fourth-order valence-electron chi connectivity index (χ4n) is 6.68. The Bertz CT molecular complexity index is 2530. The molecule has 2 aromatic heterocycles. The normalized spacial score (nSPS) is 11.6. The predicted molar refractivity (Wildman–Crippen MR) is 192 cm³/mol. The summed E-state index contributed by atoms with van der Waals surface area (Å²) in [6.45, 7) is 0. The molecule has 0 bridgehead atoms. The van der Waals surface area contributed by atoms with Crippen LogP contribution in [-0.2, 0) is 0 Å². The highest BCUT2D eigenvalue weighted by Crippen LogP contribution is 2.46. The van der Waals surface area contributed by atoms with Crippen LogP contribution in [0.3, 0.4) is 0 Å². The molecule has 3 heteroatoms. The lowest BCUT2D eigenvalue weighted by atomic mass is 9.86. The van der Waals surface area contributed by atoms with Gasteiger partial charge in [-0.1, -0.05) is 133 Å². The van der Waals surface area contributed by atoms with Gasteiger partial charge in [-0.15, -0.1) is 11.3 Å². The highest BCUT2D eigenvalue weighted by Gasteiger charge is 2.20. The first kappa shape index (κ1) is 25.8. The zero-order chi connectivity index (χ0) is 29.7. The molecular formula is C42H26N2S. The number of rotatable bonds is 4. The number of benzene rings is 7.